The van der Waals surface area contributed by atoms with Crippen LogP contribution in [0.3, 0.4) is 0 Å². The van der Waals surface area contributed by atoms with E-state index >= 15 is 0 Å². The summed E-state index contributed by atoms with van der Waals surface area (Å²) in [5.41, 5.74) is 1.38. The number of carbonyl (C=O) groups is 1. The second kappa shape index (κ2) is 9.86. The third-order valence-corrected chi connectivity index (χ3v) is 5.67. The molecule has 0 aliphatic rings. The lowest BCUT2D eigenvalue weighted by molar-refractivity contribution is 0.102. The van der Waals surface area contributed by atoms with Crippen LogP contribution < -0.4 is 14.2 Å². The maximum absolute atomic E-state index is 12.5. The molecule has 3 aromatic rings. The molecule has 1 aromatic heterocycles. The zero-order valence-electron chi connectivity index (χ0n) is 17.1. The Morgan fingerprint density at radius 2 is 1.67 bits per heavy atom. The molecule has 0 radical (unpaired) electrons. The van der Waals surface area contributed by atoms with E-state index in [0.29, 0.717) is 45.4 Å². The molecule has 0 spiro atoms. The molecule has 2 aromatic carbocycles. The zero-order valence-corrected chi connectivity index (χ0v) is 18.7. The Bertz CT molecular complexity index is 1010. The molecule has 158 valence electrons. The number of hydrogen-bond donors (Lipinski definition) is 0. The van der Waals surface area contributed by atoms with Gasteiger partial charge >= 0.3 is 0 Å². The van der Waals surface area contributed by atoms with Gasteiger partial charge < -0.3 is 18.8 Å². The largest absolute Gasteiger partial charge is 0.493 e. The summed E-state index contributed by atoms with van der Waals surface area (Å²) >= 11 is 7.23. The summed E-state index contributed by atoms with van der Waals surface area (Å²) < 4.78 is 18.2. The molecule has 1 heterocycles. The first-order chi connectivity index (χ1) is 14.5. The van der Waals surface area contributed by atoms with E-state index in [1.807, 2.05) is 23.6 Å². The molecule has 9 heteroatoms. The first-order valence-corrected chi connectivity index (χ1v) is 10.5. The Morgan fingerprint density at radius 1 is 1.03 bits per heavy atom. The van der Waals surface area contributed by atoms with E-state index in [1.54, 1.807) is 45.6 Å². The highest BCUT2D eigenvalue weighted by Crippen LogP contribution is 2.41. The quantitative estimate of drug-likeness (QED) is 0.350. The predicted octanol–water partition coefficient (Wildman–Crippen LogP) is 4.62. The Hall–Kier alpha value is -2.71. The minimum Gasteiger partial charge on any atom is -0.493 e. The summed E-state index contributed by atoms with van der Waals surface area (Å²) in [6.07, 6.45) is 0. The molecule has 0 aliphatic carbocycles. The van der Waals surface area contributed by atoms with E-state index < -0.39 is 0 Å². The van der Waals surface area contributed by atoms with Gasteiger partial charge in [-0.2, -0.15) is 0 Å². The SMILES string of the molecule is CCn1c(SCC(=O)c2ccc(Cl)cc2)nnc1-c1cc(OC)c(OC)c(OC)c1. The lowest BCUT2D eigenvalue weighted by atomic mass is 10.1. The summed E-state index contributed by atoms with van der Waals surface area (Å²) in [4.78, 5) is 12.5. The molecule has 0 fully saturated rings. The van der Waals surface area contributed by atoms with Crippen molar-refractivity contribution in [2.45, 2.75) is 18.6 Å². The fraction of sp³-hybridized carbons (Fsp3) is 0.286. The molecule has 0 saturated heterocycles. The molecule has 0 amide bonds. The van der Waals surface area contributed by atoms with Crippen molar-refractivity contribution in [3.63, 3.8) is 0 Å². The third kappa shape index (κ3) is 4.55. The van der Waals surface area contributed by atoms with Gasteiger partial charge in [-0.15, -0.1) is 10.2 Å². The Labute approximate surface area is 184 Å². The van der Waals surface area contributed by atoms with Crippen LogP contribution in [-0.4, -0.2) is 47.6 Å². The van der Waals surface area contributed by atoms with Gasteiger partial charge in [0, 0.05) is 22.7 Å². The van der Waals surface area contributed by atoms with Gasteiger partial charge in [-0.25, -0.2) is 0 Å². The van der Waals surface area contributed by atoms with Crippen molar-refractivity contribution in [1.82, 2.24) is 14.8 Å². The standard InChI is InChI=1S/C21H22ClN3O4S/c1-5-25-20(14-10-17(27-2)19(29-4)18(11-14)28-3)23-24-21(25)30-12-16(26)13-6-8-15(22)9-7-13/h6-11H,5,12H2,1-4H3. The van der Waals surface area contributed by atoms with Gasteiger partial charge in [-0.1, -0.05) is 23.4 Å². The molecule has 30 heavy (non-hydrogen) atoms. The first kappa shape index (κ1) is 22.0. The fourth-order valence-electron chi connectivity index (χ4n) is 2.95. The minimum absolute atomic E-state index is 0.00310. The topological polar surface area (TPSA) is 75.5 Å². The van der Waals surface area contributed by atoms with Gasteiger partial charge in [0.15, 0.2) is 28.3 Å². The number of hydrogen-bond acceptors (Lipinski definition) is 7. The molecular formula is C21H22ClN3O4S. The maximum atomic E-state index is 12.5. The Morgan fingerprint density at radius 3 is 2.20 bits per heavy atom. The lowest BCUT2D eigenvalue weighted by Crippen LogP contribution is -2.05. The van der Waals surface area contributed by atoms with Crippen LogP contribution in [0.4, 0.5) is 0 Å². The normalized spacial score (nSPS) is 10.7. The monoisotopic (exact) mass is 447 g/mol. The number of methoxy groups -OCH3 is 3. The van der Waals surface area contributed by atoms with Crippen LogP contribution in [0.25, 0.3) is 11.4 Å². The van der Waals surface area contributed by atoms with E-state index in [4.69, 9.17) is 25.8 Å². The predicted molar refractivity (Wildman–Crippen MR) is 117 cm³/mol. The highest BCUT2D eigenvalue weighted by molar-refractivity contribution is 7.99. The van der Waals surface area contributed by atoms with Crippen molar-refractivity contribution in [3.05, 3.63) is 47.0 Å². The van der Waals surface area contributed by atoms with Crippen LogP contribution in [0.5, 0.6) is 17.2 Å². The van der Waals surface area contributed by atoms with Crippen molar-refractivity contribution in [2.75, 3.05) is 27.1 Å². The highest BCUT2D eigenvalue weighted by atomic mass is 35.5. The molecule has 0 bridgehead atoms. The van der Waals surface area contributed by atoms with Crippen molar-refractivity contribution in [1.29, 1.82) is 0 Å². The molecule has 0 atom stereocenters. The zero-order chi connectivity index (χ0) is 21.7. The first-order valence-electron chi connectivity index (χ1n) is 9.17. The van der Waals surface area contributed by atoms with Crippen molar-refractivity contribution < 1.29 is 19.0 Å². The third-order valence-electron chi connectivity index (χ3n) is 4.45. The second-order valence-corrected chi connectivity index (χ2v) is 7.56. The van der Waals surface area contributed by atoms with E-state index in [0.717, 1.165) is 5.56 Å². The van der Waals surface area contributed by atoms with Crippen LogP contribution in [0.15, 0.2) is 41.6 Å². The summed E-state index contributed by atoms with van der Waals surface area (Å²) in [5.74, 6) is 2.47. The molecule has 0 aliphatic heterocycles. The number of nitrogens with zero attached hydrogens (tertiary/aromatic N) is 3. The number of ether oxygens (including phenoxy) is 3. The fourth-order valence-corrected chi connectivity index (χ4v) is 3.98. The van der Waals surface area contributed by atoms with Gasteiger partial charge in [0.2, 0.25) is 5.75 Å². The van der Waals surface area contributed by atoms with E-state index in [2.05, 4.69) is 10.2 Å². The number of rotatable bonds is 9. The molecule has 0 unspecified atom stereocenters. The lowest BCUT2D eigenvalue weighted by Gasteiger charge is -2.14. The van der Waals surface area contributed by atoms with Gasteiger partial charge in [0.05, 0.1) is 27.1 Å². The number of thioether (sulfide) groups is 1. The number of halogens is 1. The smallest absolute Gasteiger partial charge is 0.203 e. The summed E-state index contributed by atoms with van der Waals surface area (Å²) in [6.45, 7) is 2.63. The maximum Gasteiger partial charge on any atom is 0.203 e. The average Bonchev–Trinajstić information content (AvgIpc) is 3.19. The molecule has 3 rings (SSSR count). The van der Waals surface area contributed by atoms with Crippen molar-refractivity contribution >= 4 is 29.1 Å². The van der Waals surface area contributed by atoms with E-state index in [9.17, 15) is 4.79 Å². The van der Waals surface area contributed by atoms with Crippen LogP contribution in [0.1, 0.15) is 17.3 Å². The van der Waals surface area contributed by atoms with Gasteiger partial charge in [0.1, 0.15) is 0 Å². The van der Waals surface area contributed by atoms with E-state index in [-0.39, 0.29) is 11.5 Å². The highest BCUT2D eigenvalue weighted by Gasteiger charge is 2.20. The number of carbonyl (C=O) groups excluding carboxylic acids is 1. The Balaban J connectivity index is 1.87. The number of Topliss-reactive ketones (excluding diaryl/α,β-unsaturated/α-hetero) is 1. The average molecular weight is 448 g/mol. The number of aromatic nitrogens is 3. The van der Waals surface area contributed by atoms with Crippen molar-refractivity contribution in [3.8, 4) is 28.6 Å². The molecule has 7 nitrogen and oxygen atoms in total. The molecule has 0 saturated carbocycles. The number of benzene rings is 2. The summed E-state index contributed by atoms with van der Waals surface area (Å²) in [6, 6.07) is 10.5. The van der Waals surface area contributed by atoms with Crippen molar-refractivity contribution in [2.24, 2.45) is 0 Å². The van der Waals surface area contributed by atoms with Crippen LogP contribution in [0, 0.1) is 0 Å². The second-order valence-electron chi connectivity index (χ2n) is 6.18. The molecule has 0 N–H and O–H groups in total. The van der Waals surface area contributed by atoms with Gasteiger partial charge in [0.25, 0.3) is 0 Å². The summed E-state index contributed by atoms with van der Waals surface area (Å²) in [5, 5.41) is 9.88. The van der Waals surface area contributed by atoms with Crippen LogP contribution in [0.2, 0.25) is 5.02 Å². The van der Waals surface area contributed by atoms with Crippen LogP contribution >= 0.6 is 23.4 Å². The Kier molecular flexibility index (Phi) is 7.23. The minimum atomic E-state index is -0.00310. The van der Waals surface area contributed by atoms with Crippen LogP contribution in [-0.2, 0) is 6.54 Å². The molecular weight excluding hydrogens is 426 g/mol. The summed E-state index contributed by atoms with van der Waals surface area (Å²) in [7, 11) is 4.69. The van der Waals surface area contributed by atoms with Gasteiger partial charge in [-0.3, -0.25) is 4.79 Å². The van der Waals surface area contributed by atoms with Gasteiger partial charge in [-0.05, 0) is 43.3 Å². The number of ketones is 1. The van der Waals surface area contributed by atoms with E-state index in [1.165, 1.54) is 11.8 Å².